The zero-order valence-corrected chi connectivity index (χ0v) is 20.6. The third-order valence-electron chi connectivity index (χ3n) is 5.19. The Balaban J connectivity index is 1.37. The highest BCUT2D eigenvalue weighted by atomic mass is 79.9. The first-order chi connectivity index (χ1) is 16.0. The zero-order valence-electron chi connectivity index (χ0n) is 18.2. The summed E-state index contributed by atoms with van der Waals surface area (Å²) in [7, 11) is 0. The summed E-state index contributed by atoms with van der Waals surface area (Å²) in [5, 5.41) is 7.01. The molecule has 33 heavy (non-hydrogen) atoms. The molecule has 0 saturated heterocycles. The van der Waals surface area contributed by atoms with E-state index in [1.165, 1.54) is 11.8 Å². The highest BCUT2D eigenvalue weighted by molar-refractivity contribution is 9.10. The number of nitrogens with zero attached hydrogens (tertiary/aromatic N) is 1. The van der Waals surface area contributed by atoms with E-state index in [2.05, 4.69) is 49.5 Å². The molecule has 2 N–H and O–H groups in total. The van der Waals surface area contributed by atoms with Crippen LogP contribution in [-0.2, 0) is 11.3 Å². The molecular formula is C26H24BrN3O2S. The quantitative estimate of drug-likeness (QED) is 0.285. The van der Waals surface area contributed by atoms with Crippen LogP contribution in [0.3, 0.4) is 0 Å². The van der Waals surface area contributed by atoms with Crippen molar-refractivity contribution in [1.82, 2.24) is 9.88 Å². The van der Waals surface area contributed by atoms with Gasteiger partial charge in [-0.2, -0.15) is 0 Å². The van der Waals surface area contributed by atoms with Crippen molar-refractivity contribution in [2.75, 3.05) is 17.6 Å². The lowest BCUT2D eigenvalue weighted by Gasteiger charge is -2.08. The highest BCUT2D eigenvalue weighted by Gasteiger charge is 2.12. The van der Waals surface area contributed by atoms with Crippen molar-refractivity contribution in [1.29, 1.82) is 0 Å². The highest BCUT2D eigenvalue weighted by Crippen LogP contribution is 2.30. The Morgan fingerprint density at radius 3 is 2.45 bits per heavy atom. The normalized spacial score (nSPS) is 10.8. The van der Waals surface area contributed by atoms with E-state index in [0.29, 0.717) is 24.4 Å². The van der Waals surface area contributed by atoms with Crippen molar-refractivity contribution in [3.05, 3.63) is 94.6 Å². The number of anilines is 1. The van der Waals surface area contributed by atoms with Crippen LogP contribution in [0.15, 0.2) is 88.4 Å². The van der Waals surface area contributed by atoms with Gasteiger partial charge >= 0.3 is 0 Å². The second-order valence-electron chi connectivity index (χ2n) is 7.67. The first-order valence-electron chi connectivity index (χ1n) is 10.6. The fourth-order valence-corrected chi connectivity index (χ4v) is 4.64. The zero-order chi connectivity index (χ0) is 23.2. The second-order valence-corrected chi connectivity index (χ2v) is 9.60. The summed E-state index contributed by atoms with van der Waals surface area (Å²) in [6.07, 6.45) is 2.06. The van der Waals surface area contributed by atoms with Gasteiger partial charge in [0.2, 0.25) is 5.91 Å². The Kier molecular flexibility index (Phi) is 7.52. The smallest absolute Gasteiger partial charge is 0.251 e. The van der Waals surface area contributed by atoms with Crippen molar-refractivity contribution in [2.24, 2.45) is 0 Å². The van der Waals surface area contributed by atoms with E-state index in [-0.39, 0.29) is 11.8 Å². The molecule has 0 atom stereocenters. The van der Waals surface area contributed by atoms with Crippen LogP contribution in [-0.4, -0.2) is 28.7 Å². The predicted molar refractivity (Wildman–Crippen MR) is 139 cm³/mol. The minimum Gasteiger partial charge on any atom is -0.350 e. The SMILES string of the molecule is Cc1ccc(C(=O)NCCn2cc(SCC(=O)Nc3ccc(Br)cc3)c3ccccc32)cc1. The van der Waals surface area contributed by atoms with E-state index < -0.39 is 0 Å². The summed E-state index contributed by atoms with van der Waals surface area (Å²) in [6.45, 7) is 3.15. The van der Waals surface area contributed by atoms with E-state index in [0.717, 1.165) is 31.5 Å². The fourth-order valence-electron chi connectivity index (χ4n) is 3.48. The van der Waals surface area contributed by atoms with Crippen LogP contribution < -0.4 is 10.6 Å². The molecule has 0 spiro atoms. The largest absolute Gasteiger partial charge is 0.350 e. The van der Waals surface area contributed by atoms with Gasteiger partial charge < -0.3 is 15.2 Å². The maximum absolute atomic E-state index is 12.4. The molecule has 4 aromatic rings. The summed E-state index contributed by atoms with van der Waals surface area (Å²) in [5.41, 5.74) is 3.64. The number of halogens is 1. The number of hydrogen-bond acceptors (Lipinski definition) is 3. The molecule has 0 aliphatic heterocycles. The summed E-state index contributed by atoms with van der Waals surface area (Å²) < 4.78 is 3.09. The van der Waals surface area contributed by atoms with Gasteiger partial charge in [0.1, 0.15) is 0 Å². The van der Waals surface area contributed by atoms with Crippen LogP contribution >= 0.6 is 27.7 Å². The summed E-state index contributed by atoms with van der Waals surface area (Å²) in [5.74, 6) is 0.184. The number of para-hydroxylation sites is 1. The lowest BCUT2D eigenvalue weighted by molar-refractivity contribution is -0.113. The number of aromatic nitrogens is 1. The van der Waals surface area contributed by atoms with Gasteiger partial charge in [0.15, 0.2) is 0 Å². The van der Waals surface area contributed by atoms with Crippen molar-refractivity contribution >= 4 is 56.1 Å². The maximum atomic E-state index is 12.4. The van der Waals surface area contributed by atoms with Crippen LogP contribution in [0.25, 0.3) is 10.9 Å². The molecule has 1 heterocycles. The lowest BCUT2D eigenvalue weighted by Crippen LogP contribution is -2.27. The summed E-state index contributed by atoms with van der Waals surface area (Å²) in [4.78, 5) is 25.9. The number of benzene rings is 3. The molecule has 0 saturated carbocycles. The number of fused-ring (bicyclic) bond motifs is 1. The van der Waals surface area contributed by atoms with E-state index in [9.17, 15) is 9.59 Å². The van der Waals surface area contributed by atoms with Crippen molar-refractivity contribution in [3.8, 4) is 0 Å². The monoisotopic (exact) mass is 521 g/mol. The van der Waals surface area contributed by atoms with Gasteiger partial charge in [-0.25, -0.2) is 0 Å². The molecule has 3 aromatic carbocycles. The van der Waals surface area contributed by atoms with Crippen molar-refractivity contribution < 1.29 is 9.59 Å². The molecule has 1 aromatic heterocycles. The Hall–Kier alpha value is -3.03. The van der Waals surface area contributed by atoms with E-state index >= 15 is 0 Å². The average Bonchev–Trinajstić information content (AvgIpc) is 3.17. The first-order valence-corrected chi connectivity index (χ1v) is 12.4. The van der Waals surface area contributed by atoms with Gasteiger partial charge in [-0.15, -0.1) is 11.8 Å². The standard InChI is InChI=1S/C26H24BrN3O2S/c1-18-6-8-19(9-7-18)26(32)28-14-15-30-16-24(22-4-2-3-5-23(22)30)33-17-25(31)29-21-12-10-20(27)11-13-21/h2-13,16H,14-15,17H2,1H3,(H,28,32)(H,29,31). The average molecular weight is 522 g/mol. The molecular weight excluding hydrogens is 498 g/mol. The third-order valence-corrected chi connectivity index (χ3v) is 6.76. The van der Waals surface area contributed by atoms with Gasteiger partial charge in [0.25, 0.3) is 5.91 Å². The van der Waals surface area contributed by atoms with Crippen LogP contribution in [0.2, 0.25) is 0 Å². The second kappa shape index (κ2) is 10.7. The maximum Gasteiger partial charge on any atom is 0.251 e. The van der Waals surface area contributed by atoms with E-state index in [1.54, 1.807) is 0 Å². The van der Waals surface area contributed by atoms with Gasteiger partial charge in [-0.3, -0.25) is 9.59 Å². The Bertz CT molecular complexity index is 1270. The number of thioether (sulfide) groups is 1. The van der Waals surface area contributed by atoms with Crippen molar-refractivity contribution in [3.63, 3.8) is 0 Å². The van der Waals surface area contributed by atoms with E-state index in [1.807, 2.05) is 67.6 Å². The molecule has 0 unspecified atom stereocenters. The number of carbonyl (C=O) groups excluding carboxylic acids is 2. The molecule has 2 amide bonds. The van der Waals surface area contributed by atoms with Crippen LogP contribution in [0, 0.1) is 6.92 Å². The van der Waals surface area contributed by atoms with Crippen LogP contribution in [0.1, 0.15) is 15.9 Å². The summed E-state index contributed by atoms with van der Waals surface area (Å²) in [6, 6.07) is 23.2. The number of amides is 2. The predicted octanol–water partition coefficient (Wildman–Crippen LogP) is 5.87. The van der Waals surface area contributed by atoms with Gasteiger partial charge in [0.05, 0.1) is 5.75 Å². The number of hydrogen-bond donors (Lipinski definition) is 2. The van der Waals surface area contributed by atoms with Crippen LogP contribution in [0.4, 0.5) is 5.69 Å². The van der Waals surface area contributed by atoms with Gasteiger partial charge in [-0.05, 0) is 49.4 Å². The molecule has 0 aliphatic rings. The molecule has 0 aliphatic carbocycles. The lowest BCUT2D eigenvalue weighted by atomic mass is 10.1. The molecule has 0 radical (unpaired) electrons. The molecule has 0 fully saturated rings. The van der Waals surface area contributed by atoms with Crippen molar-refractivity contribution in [2.45, 2.75) is 18.4 Å². The molecule has 168 valence electrons. The van der Waals surface area contributed by atoms with Gasteiger partial charge in [0, 0.05) is 50.8 Å². The van der Waals surface area contributed by atoms with E-state index in [4.69, 9.17) is 0 Å². The topological polar surface area (TPSA) is 63.1 Å². The number of rotatable bonds is 8. The van der Waals surface area contributed by atoms with Gasteiger partial charge in [-0.1, -0.05) is 51.8 Å². The third kappa shape index (κ3) is 6.06. The number of carbonyl (C=O) groups is 2. The van der Waals surface area contributed by atoms with Crippen LogP contribution in [0.5, 0.6) is 0 Å². The summed E-state index contributed by atoms with van der Waals surface area (Å²) >= 11 is 4.91. The Labute approximate surface area is 205 Å². The fraction of sp³-hybridized carbons (Fsp3) is 0.154. The molecule has 0 bridgehead atoms. The molecule has 4 rings (SSSR count). The molecule has 5 nitrogen and oxygen atoms in total. The molecule has 7 heteroatoms. The number of nitrogens with one attached hydrogen (secondary N) is 2. The first kappa shape index (κ1) is 23.1. The Morgan fingerprint density at radius 1 is 0.970 bits per heavy atom. The minimum absolute atomic E-state index is 0.0514. The minimum atomic E-state index is -0.0781. The Morgan fingerprint density at radius 2 is 1.70 bits per heavy atom. The number of aryl methyl sites for hydroxylation is 1.